The highest BCUT2D eigenvalue weighted by molar-refractivity contribution is 6.35. The first-order valence-electron chi connectivity index (χ1n) is 5.53. The Morgan fingerprint density at radius 1 is 1.30 bits per heavy atom. The molecule has 3 N–H and O–H groups in total. The lowest BCUT2D eigenvalue weighted by atomic mass is 10.1. The average molecular weight is 313 g/mol. The lowest BCUT2D eigenvalue weighted by molar-refractivity contribution is 0.0998. The van der Waals surface area contributed by atoms with E-state index in [9.17, 15) is 14.7 Å². The molecule has 0 aliphatic carbocycles. The first-order valence-corrected chi connectivity index (χ1v) is 6.29. The third-order valence-electron chi connectivity index (χ3n) is 2.78. The molecule has 7 heteroatoms. The summed E-state index contributed by atoms with van der Waals surface area (Å²) in [6, 6.07) is 5.67. The summed E-state index contributed by atoms with van der Waals surface area (Å²) in [5.41, 5.74) is 4.75. The van der Waals surface area contributed by atoms with Crippen LogP contribution in [0.15, 0.2) is 29.1 Å². The smallest absolute Gasteiger partial charge is 0.271 e. The maximum absolute atomic E-state index is 12.3. The molecule has 0 atom stereocenters. The van der Waals surface area contributed by atoms with E-state index in [1.54, 1.807) is 0 Å². The number of aromatic nitrogens is 1. The van der Waals surface area contributed by atoms with E-state index in [0.29, 0.717) is 10.6 Å². The Hall–Kier alpha value is -1.98. The van der Waals surface area contributed by atoms with Crippen LogP contribution in [0.1, 0.15) is 15.9 Å². The Morgan fingerprint density at radius 3 is 2.50 bits per heavy atom. The van der Waals surface area contributed by atoms with E-state index in [2.05, 4.69) is 0 Å². The van der Waals surface area contributed by atoms with Crippen molar-refractivity contribution in [2.45, 2.75) is 6.92 Å². The van der Waals surface area contributed by atoms with Crippen molar-refractivity contribution in [2.24, 2.45) is 5.73 Å². The second-order valence-corrected chi connectivity index (χ2v) is 5.00. The number of aromatic hydroxyl groups is 1. The van der Waals surface area contributed by atoms with Gasteiger partial charge in [0.25, 0.3) is 11.5 Å². The number of pyridine rings is 1. The summed E-state index contributed by atoms with van der Waals surface area (Å²) in [5.74, 6) is -1.21. The summed E-state index contributed by atoms with van der Waals surface area (Å²) < 4.78 is 0.908. The number of carbonyl (C=O) groups excluding carboxylic acids is 1. The minimum atomic E-state index is -0.869. The summed E-state index contributed by atoms with van der Waals surface area (Å²) in [7, 11) is 0. The number of hydrogen-bond donors (Lipinski definition) is 2. The van der Waals surface area contributed by atoms with E-state index in [1.807, 2.05) is 0 Å². The number of aryl methyl sites for hydroxylation is 1. The van der Waals surface area contributed by atoms with Gasteiger partial charge < -0.3 is 10.8 Å². The SMILES string of the molecule is Cc1cc(O)n(-c2ccc(Cl)cc2Cl)c(=O)c1C(N)=O. The molecule has 104 valence electrons. The lowest BCUT2D eigenvalue weighted by Crippen LogP contribution is -2.30. The second kappa shape index (κ2) is 5.19. The second-order valence-electron chi connectivity index (χ2n) is 4.16. The van der Waals surface area contributed by atoms with Crippen molar-refractivity contribution in [1.82, 2.24) is 4.57 Å². The van der Waals surface area contributed by atoms with Gasteiger partial charge in [-0.15, -0.1) is 0 Å². The third kappa shape index (κ3) is 2.37. The van der Waals surface area contributed by atoms with Gasteiger partial charge in [0.2, 0.25) is 0 Å². The van der Waals surface area contributed by atoms with Gasteiger partial charge in [0, 0.05) is 11.1 Å². The monoisotopic (exact) mass is 312 g/mol. The van der Waals surface area contributed by atoms with Crippen LogP contribution >= 0.6 is 23.2 Å². The van der Waals surface area contributed by atoms with Crippen LogP contribution in [-0.2, 0) is 0 Å². The number of amides is 1. The predicted octanol–water partition coefficient (Wildman–Crippen LogP) is 2.26. The van der Waals surface area contributed by atoms with Crippen LogP contribution < -0.4 is 11.3 Å². The molecule has 1 amide bonds. The van der Waals surface area contributed by atoms with Gasteiger partial charge in [0.15, 0.2) is 5.88 Å². The molecule has 1 aromatic carbocycles. The molecule has 2 rings (SSSR count). The molecule has 0 saturated heterocycles. The number of hydrogen-bond acceptors (Lipinski definition) is 3. The van der Waals surface area contributed by atoms with E-state index in [-0.39, 0.29) is 22.2 Å². The lowest BCUT2D eigenvalue weighted by Gasteiger charge is -2.13. The number of carbonyl (C=O) groups is 1. The minimum absolute atomic E-state index is 0.161. The zero-order chi connectivity index (χ0) is 15.0. The van der Waals surface area contributed by atoms with E-state index >= 15 is 0 Å². The molecular weight excluding hydrogens is 303 g/mol. The van der Waals surface area contributed by atoms with E-state index in [1.165, 1.54) is 31.2 Å². The van der Waals surface area contributed by atoms with Crippen LogP contribution in [0.25, 0.3) is 5.69 Å². The van der Waals surface area contributed by atoms with Gasteiger partial charge in [-0.25, -0.2) is 4.57 Å². The fourth-order valence-electron chi connectivity index (χ4n) is 1.91. The number of nitrogens with zero attached hydrogens (tertiary/aromatic N) is 1. The minimum Gasteiger partial charge on any atom is -0.494 e. The first-order chi connectivity index (χ1) is 9.32. The summed E-state index contributed by atoms with van der Waals surface area (Å²) in [6.45, 7) is 1.51. The van der Waals surface area contributed by atoms with Crippen molar-refractivity contribution in [3.8, 4) is 11.6 Å². The average Bonchev–Trinajstić information content (AvgIpc) is 2.30. The fourth-order valence-corrected chi connectivity index (χ4v) is 2.40. The van der Waals surface area contributed by atoms with E-state index in [4.69, 9.17) is 28.9 Å². The Bertz CT molecular complexity index is 769. The summed E-state index contributed by atoms with van der Waals surface area (Å²) in [4.78, 5) is 23.6. The van der Waals surface area contributed by atoms with Crippen molar-refractivity contribution >= 4 is 29.1 Å². The first kappa shape index (κ1) is 14.4. The van der Waals surface area contributed by atoms with Crippen LogP contribution in [0.3, 0.4) is 0 Å². The zero-order valence-electron chi connectivity index (χ0n) is 10.4. The van der Waals surface area contributed by atoms with Crippen LogP contribution in [-0.4, -0.2) is 15.6 Å². The molecule has 2 aromatic rings. The number of halogens is 2. The van der Waals surface area contributed by atoms with Gasteiger partial charge in [-0.2, -0.15) is 0 Å². The topological polar surface area (TPSA) is 85.3 Å². The Morgan fingerprint density at radius 2 is 1.95 bits per heavy atom. The van der Waals surface area contributed by atoms with Gasteiger partial charge in [-0.1, -0.05) is 23.2 Å². The molecule has 0 fully saturated rings. The van der Waals surface area contributed by atoms with Crippen molar-refractivity contribution < 1.29 is 9.90 Å². The molecule has 5 nitrogen and oxygen atoms in total. The summed E-state index contributed by atoms with van der Waals surface area (Å²) in [6.07, 6.45) is 0. The molecular formula is C13H10Cl2N2O3. The van der Waals surface area contributed by atoms with Crippen molar-refractivity contribution in [1.29, 1.82) is 0 Å². The maximum Gasteiger partial charge on any atom is 0.271 e. The molecule has 0 aliphatic heterocycles. The highest BCUT2D eigenvalue weighted by atomic mass is 35.5. The molecule has 0 radical (unpaired) electrons. The number of rotatable bonds is 2. The highest BCUT2D eigenvalue weighted by Crippen LogP contribution is 2.26. The fraction of sp³-hybridized carbons (Fsp3) is 0.0769. The van der Waals surface area contributed by atoms with Crippen LogP contribution in [0, 0.1) is 6.92 Å². The molecule has 20 heavy (non-hydrogen) atoms. The summed E-state index contributed by atoms with van der Waals surface area (Å²) in [5, 5.41) is 10.5. The molecule has 0 bridgehead atoms. The van der Waals surface area contributed by atoms with Crippen LogP contribution in [0.4, 0.5) is 0 Å². The quantitative estimate of drug-likeness (QED) is 0.892. The Labute approximate surface area is 124 Å². The van der Waals surface area contributed by atoms with Crippen LogP contribution in [0.5, 0.6) is 5.88 Å². The molecule has 0 aliphatic rings. The van der Waals surface area contributed by atoms with Gasteiger partial charge in [0.05, 0.1) is 10.7 Å². The molecule has 0 spiro atoms. The number of nitrogens with two attached hydrogens (primary N) is 1. The Kier molecular flexibility index (Phi) is 3.74. The van der Waals surface area contributed by atoms with Crippen molar-refractivity contribution in [3.63, 3.8) is 0 Å². The van der Waals surface area contributed by atoms with Gasteiger partial charge >= 0.3 is 0 Å². The van der Waals surface area contributed by atoms with Crippen LogP contribution in [0.2, 0.25) is 10.0 Å². The predicted molar refractivity (Wildman–Crippen MR) is 77.0 cm³/mol. The number of benzene rings is 1. The maximum atomic E-state index is 12.3. The van der Waals surface area contributed by atoms with Gasteiger partial charge in [0.1, 0.15) is 5.56 Å². The van der Waals surface area contributed by atoms with Gasteiger partial charge in [-0.05, 0) is 30.7 Å². The molecule has 1 aromatic heterocycles. The Balaban J connectivity index is 2.84. The van der Waals surface area contributed by atoms with Crippen molar-refractivity contribution in [2.75, 3.05) is 0 Å². The number of primary amides is 1. The molecule has 0 unspecified atom stereocenters. The largest absolute Gasteiger partial charge is 0.494 e. The molecule has 1 heterocycles. The third-order valence-corrected chi connectivity index (χ3v) is 3.32. The summed E-state index contributed by atoms with van der Waals surface area (Å²) >= 11 is 11.8. The van der Waals surface area contributed by atoms with Crippen molar-refractivity contribution in [3.05, 3.63) is 55.8 Å². The highest BCUT2D eigenvalue weighted by Gasteiger charge is 2.18. The zero-order valence-corrected chi connectivity index (χ0v) is 11.9. The standard InChI is InChI=1S/C13H10Cl2N2O3/c1-6-4-10(18)17(13(20)11(6)12(16)19)9-3-2-7(14)5-8(9)15/h2-5,18H,1H3,(H2,16,19). The normalized spacial score (nSPS) is 10.6. The van der Waals surface area contributed by atoms with E-state index < -0.39 is 11.5 Å². The van der Waals surface area contributed by atoms with Gasteiger partial charge in [-0.3, -0.25) is 9.59 Å². The molecule has 0 saturated carbocycles. The van der Waals surface area contributed by atoms with E-state index in [0.717, 1.165) is 4.57 Å².